The lowest BCUT2D eigenvalue weighted by atomic mass is 9.98. The van der Waals surface area contributed by atoms with E-state index in [1.807, 2.05) is 60.7 Å². The van der Waals surface area contributed by atoms with Crippen molar-refractivity contribution in [3.8, 4) is 157 Å². The van der Waals surface area contributed by atoms with Gasteiger partial charge in [-0.3, -0.25) is 0 Å². The summed E-state index contributed by atoms with van der Waals surface area (Å²) in [5.41, 5.74) is 37.9. The van der Waals surface area contributed by atoms with E-state index in [0.717, 1.165) is 101 Å². The zero-order valence-electron chi connectivity index (χ0n) is 74.1. The molecule has 8 nitrogen and oxygen atoms in total. The lowest BCUT2D eigenvalue weighted by Crippen LogP contribution is -1.97. The standard InChI is InChI=1S/2C64H42N4/c1-6-16-43(17-7-1)48-28-34-60-54(38-48)56-40-50(30-36-61(56)67(60)52-24-14-5-15-25-52)51-31-37-63-57(41-51)55-39-49(44-18-8-2-9-19-44)29-35-62(55)68(63)53-32-26-46(27-33-53)59-42-58(45-20-10-3-11-21-45)65-64(66-59)47-22-12-4-13-23-47;1-5-15-43(16-6-1)49-31-36-62-56(39-49)57-41-51(50-32-37-61-55(40-50)54-23-13-14-24-60(54)67(61)52-21-11-4-12-22-52)33-38-63(57)68(62)53-34-29-45(30-35-53)44-25-27-47(28-26-44)59-42-58(46-17-7-2-8-18-46)65-64(66-59)48-19-9-3-10-20-48/h2*1-42H. The summed E-state index contributed by atoms with van der Waals surface area (Å²) in [6.07, 6.45) is 0. The highest BCUT2D eigenvalue weighted by molar-refractivity contribution is 6.16. The quantitative estimate of drug-likeness (QED) is 0.0966. The molecule has 8 heteroatoms. The van der Waals surface area contributed by atoms with Gasteiger partial charge in [-0.05, 0) is 218 Å². The zero-order valence-corrected chi connectivity index (χ0v) is 74.1. The van der Waals surface area contributed by atoms with Gasteiger partial charge < -0.3 is 18.3 Å². The van der Waals surface area contributed by atoms with Crippen molar-refractivity contribution in [1.82, 2.24) is 38.2 Å². The van der Waals surface area contributed by atoms with Crippen LogP contribution in [0.5, 0.6) is 0 Å². The van der Waals surface area contributed by atoms with Crippen LogP contribution in [0.3, 0.4) is 0 Å². The van der Waals surface area contributed by atoms with E-state index in [9.17, 15) is 0 Å². The van der Waals surface area contributed by atoms with Crippen molar-refractivity contribution in [3.05, 3.63) is 510 Å². The fourth-order valence-electron chi connectivity index (χ4n) is 20.0. The molecule has 0 spiro atoms. The third-order valence-corrected chi connectivity index (χ3v) is 26.7. The molecule has 136 heavy (non-hydrogen) atoms. The fourth-order valence-corrected chi connectivity index (χ4v) is 20.0. The molecule has 6 heterocycles. The van der Waals surface area contributed by atoms with Gasteiger partial charge in [0.15, 0.2) is 11.6 Å². The molecule has 20 aromatic carbocycles. The third kappa shape index (κ3) is 14.7. The van der Waals surface area contributed by atoms with Crippen LogP contribution in [-0.2, 0) is 0 Å². The molecule has 26 rings (SSSR count). The van der Waals surface area contributed by atoms with E-state index in [0.29, 0.717) is 11.6 Å². The maximum atomic E-state index is 5.12. The van der Waals surface area contributed by atoms with Crippen molar-refractivity contribution in [1.29, 1.82) is 0 Å². The second-order valence-electron chi connectivity index (χ2n) is 34.8. The van der Waals surface area contributed by atoms with E-state index in [1.165, 1.54) is 132 Å². The number of benzene rings is 20. The van der Waals surface area contributed by atoms with Crippen LogP contribution in [0, 0.1) is 0 Å². The molecular formula is C128H84N8. The number of rotatable bonds is 16. The van der Waals surface area contributed by atoms with Crippen LogP contribution in [0.25, 0.3) is 245 Å². The zero-order chi connectivity index (χ0) is 89.9. The number of nitrogens with zero attached hydrogens (tertiary/aromatic N) is 8. The van der Waals surface area contributed by atoms with Gasteiger partial charge in [0, 0.05) is 99.2 Å². The molecule has 0 aliphatic carbocycles. The summed E-state index contributed by atoms with van der Waals surface area (Å²) in [4.78, 5) is 20.2. The first-order valence-corrected chi connectivity index (χ1v) is 46.3. The lowest BCUT2D eigenvalue weighted by molar-refractivity contribution is 1.17. The largest absolute Gasteiger partial charge is 0.309 e. The van der Waals surface area contributed by atoms with Crippen LogP contribution in [-0.4, -0.2) is 38.2 Å². The van der Waals surface area contributed by atoms with Crippen LogP contribution in [0.1, 0.15) is 0 Å². The second-order valence-corrected chi connectivity index (χ2v) is 34.8. The minimum atomic E-state index is 0.705. The minimum absolute atomic E-state index is 0.705. The van der Waals surface area contributed by atoms with Crippen molar-refractivity contribution < 1.29 is 0 Å². The molecule has 0 saturated carbocycles. The summed E-state index contributed by atoms with van der Waals surface area (Å²) in [7, 11) is 0. The molecule has 0 aliphatic rings. The molecule has 0 unspecified atom stereocenters. The molecule has 0 fully saturated rings. The smallest absolute Gasteiger partial charge is 0.160 e. The first-order valence-electron chi connectivity index (χ1n) is 46.3. The summed E-state index contributed by atoms with van der Waals surface area (Å²) in [6, 6.07) is 182. The average Bonchev–Trinajstić information content (AvgIpc) is 1.57. The summed E-state index contributed by atoms with van der Waals surface area (Å²) >= 11 is 0. The third-order valence-electron chi connectivity index (χ3n) is 26.7. The van der Waals surface area contributed by atoms with Gasteiger partial charge in [0.05, 0.1) is 66.9 Å². The Kier molecular flexibility index (Phi) is 20.1. The lowest BCUT2D eigenvalue weighted by Gasteiger charge is -2.12. The summed E-state index contributed by atoms with van der Waals surface area (Å²) in [6.45, 7) is 0. The van der Waals surface area contributed by atoms with E-state index < -0.39 is 0 Å². The maximum absolute atomic E-state index is 5.12. The number of para-hydroxylation sites is 3. The molecule has 0 N–H and O–H groups in total. The highest BCUT2D eigenvalue weighted by Gasteiger charge is 2.23. The monoisotopic (exact) mass is 1730 g/mol. The molecule has 0 atom stereocenters. The Morgan fingerprint density at radius 3 is 0.559 bits per heavy atom. The summed E-state index contributed by atoms with van der Waals surface area (Å²) in [5.74, 6) is 1.42. The van der Waals surface area contributed by atoms with Crippen molar-refractivity contribution in [3.63, 3.8) is 0 Å². The average molecular weight is 1730 g/mol. The van der Waals surface area contributed by atoms with Gasteiger partial charge in [0.2, 0.25) is 0 Å². The predicted octanol–water partition coefficient (Wildman–Crippen LogP) is 33.3. The van der Waals surface area contributed by atoms with E-state index >= 15 is 0 Å². The van der Waals surface area contributed by atoms with E-state index in [2.05, 4.69) is 467 Å². The van der Waals surface area contributed by atoms with Crippen molar-refractivity contribution in [2.45, 2.75) is 0 Å². The van der Waals surface area contributed by atoms with Crippen LogP contribution >= 0.6 is 0 Å². The summed E-state index contributed by atoms with van der Waals surface area (Å²) < 4.78 is 9.58. The highest BCUT2D eigenvalue weighted by Crippen LogP contribution is 2.45. The predicted molar refractivity (Wildman–Crippen MR) is 567 cm³/mol. The van der Waals surface area contributed by atoms with Crippen LogP contribution in [0.2, 0.25) is 0 Å². The Labute approximate surface area is 786 Å². The topological polar surface area (TPSA) is 71.3 Å². The van der Waals surface area contributed by atoms with E-state index in [4.69, 9.17) is 19.9 Å². The van der Waals surface area contributed by atoms with Crippen LogP contribution in [0.15, 0.2) is 510 Å². The van der Waals surface area contributed by atoms with Crippen molar-refractivity contribution in [2.75, 3.05) is 0 Å². The van der Waals surface area contributed by atoms with Gasteiger partial charge in [-0.2, -0.15) is 0 Å². The minimum Gasteiger partial charge on any atom is -0.309 e. The molecule has 0 bridgehead atoms. The number of fused-ring (bicyclic) bond motifs is 12. The summed E-state index contributed by atoms with van der Waals surface area (Å²) in [5, 5.41) is 9.80. The van der Waals surface area contributed by atoms with Gasteiger partial charge in [0.25, 0.3) is 0 Å². The van der Waals surface area contributed by atoms with E-state index in [-0.39, 0.29) is 0 Å². The SMILES string of the molecule is c1ccc(-c2ccc3c(c2)c2cc(-c4ccc5c(c4)c4cc(-c6ccccc6)ccc4n5-c4ccc(-c5cc(-c6ccccc6)nc(-c6ccccc6)n5)cc4)ccc2n3-c2ccccc2)cc1.c1ccc(-c2ccc3c(c2)c2cc(-c4ccc5c(c4)c4ccccc4n5-c4ccccc4)ccc2n3-c2ccc(-c3ccc(-c4cc(-c5ccccc5)nc(-c5ccccc5)n4)cc3)cc2)cc1. The first kappa shape index (κ1) is 79.9. The Balaban J connectivity index is 0.000000145. The maximum Gasteiger partial charge on any atom is 0.160 e. The van der Waals surface area contributed by atoms with E-state index in [1.54, 1.807) is 0 Å². The molecule has 6 aromatic heterocycles. The molecule has 0 amide bonds. The first-order chi connectivity index (χ1) is 67.4. The van der Waals surface area contributed by atoms with Crippen molar-refractivity contribution >= 4 is 87.2 Å². The fraction of sp³-hybridized carbons (Fsp3) is 0. The molecule has 0 radical (unpaired) electrons. The van der Waals surface area contributed by atoms with Crippen LogP contribution in [0.4, 0.5) is 0 Å². The molecule has 0 aliphatic heterocycles. The molecule has 0 saturated heterocycles. The Morgan fingerprint density at radius 2 is 0.279 bits per heavy atom. The van der Waals surface area contributed by atoms with Gasteiger partial charge in [-0.1, -0.05) is 358 Å². The molecule has 26 aromatic rings. The van der Waals surface area contributed by atoms with Gasteiger partial charge in [0.1, 0.15) is 0 Å². The number of hydrogen-bond donors (Lipinski definition) is 0. The Morgan fingerprint density at radius 1 is 0.110 bits per heavy atom. The molecular weight excluding hydrogens is 1650 g/mol. The van der Waals surface area contributed by atoms with Gasteiger partial charge in [-0.25, -0.2) is 19.9 Å². The van der Waals surface area contributed by atoms with Gasteiger partial charge in [-0.15, -0.1) is 0 Å². The Bertz CT molecular complexity index is 8880. The van der Waals surface area contributed by atoms with Gasteiger partial charge >= 0.3 is 0 Å². The second kappa shape index (κ2) is 34.2. The molecule has 636 valence electrons. The van der Waals surface area contributed by atoms with Crippen molar-refractivity contribution in [2.24, 2.45) is 0 Å². The normalized spacial score (nSPS) is 11.5. The Hall–Kier alpha value is -18.2. The number of aromatic nitrogens is 8. The number of hydrogen-bond acceptors (Lipinski definition) is 4. The van der Waals surface area contributed by atoms with Crippen LogP contribution < -0.4 is 0 Å². The highest BCUT2D eigenvalue weighted by atomic mass is 15.0.